The molecule has 6 nitrogen and oxygen atoms in total. The van der Waals surface area contributed by atoms with E-state index in [0.717, 1.165) is 11.8 Å². The SMILES string of the molecule is N[C@H](CSC1CS(=O)(=O)CC1O)C(=O)O. The van der Waals surface area contributed by atoms with Crippen LogP contribution in [0.4, 0.5) is 0 Å². The third-order valence-corrected chi connectivity index (χ3v) is 5.47. The molecule has 2 unspecified atom stereocenters. The molecule has 1 heterocycles. The first kappa shape index (κ1) is 12.8. The molecular weight excluding hydrogens is 242 g/mol. The van der Waals surface area contributed by atoms with Crippen molar-refractivity contribution in [2.75, 3.05) is 17.3 Å². The van der Waals surface area contributed by atoms with Crippen molar-refractivity contribution in [1.29, 1.82) is 0 Å². The Kier molecular flexibility index (Phi) is 3.99. The van der Waals surface area contributed by atoms with Crippen LogP contribution in [0.5, 0.6) is 0 Å². The molecule has 0 aliphatic carbocycles. The fraction of sp³-hybridized carbons (Fsp3) is 0.857. The molecule has 1 rings (SSSR count). The predicted octanol–water partition coefficient (Wildman–Crippen LogP) is -1.71. The number of aliphatic hydroxyl groups is 1. The van der Waals surface area contributed by atoms with Crippen LogP contribution in [-0.2, 0) is 14.6 Å². The Labute approximate surface area is 91.8 Å². The molecule has 4 N–H and O–H groups in total. The van der Waals surface area contributed by atoms with Crippen molar-refractivity contribution in [2.24, 2.45) is 5.73 Å². The van der Waals surface area contributed by atoms with Crippen LogP contribution in [0.2, 0.25) is 0 Å². The molecule has 1 fully saturated rings. The van der Waals surface area contributed by atoms with E-state index < -0.39 is 33.2 Å². The Bertz CT molecular complexity index is 341. The summed E-state index contributed by atoms with van der Waals surface area (Å²) in [6.07, 6.45) is -0.916. The fourth-order valence-electron chi connectivity index (χ4n) is 1.25. The lowest BCUT2D eigenvalue weighted by atomic mass is 10.3. The lowest BCUT2D eigenvalue weighted by Gasteiger charge is -2.13. The topological polar surface area (TPSA) is 118 Å². The molecule has 0 aromatic carbocycles. The second kappa shape index (κ2) is 4.69. The molecule has 0 amide bonds. The summed E-state index contributed by atoms with van der Waals surface area (Å²) in [6.45, 7) is 0. The third-order valence-electron chi connectivity index (χ3n) is 2.08. The zero-order valence-corrected chi connectivity index (χ0v) is 9.50. The third kappa shape index (κ3) is 3.63. The first-order chi connectivity index (χ1) is 6.82. The molecule has 0 aromatic heterocycles. The molecule has 0 aromatic rings. The Morgan fingerprint density at radius 3 is 2.53 bits per heavy atom. The minimum absolute atomic E-state index is 0.104. The maximum atomic E-state index is 11.1. The van der Waals surface area contributed by atoms with Crippen molar-refractivity contribution in [1.82, 2.24) is 0 Å². The van der Waals surface area contributed by atoms with Gasteiger partial charge in [0.1, 0.15) is 6.04 Å². The van der Waals surface area contributed by atoms with E-state index >= 15 is 0 Å². The van der Waals surface area contributed by atoms with Crippen LogP contribution in [0.15, 0.2) is 0 Å². The van der Waals surface area contributed by atoms with E-state index in [9.17, 15) is 18.3 Å². The van der Waals surface area contributed by atoms with Crippen LogP contribution in [0.3, 0.4) is 0 Å². The molecule has 88 valence electrons. The van der Waals surface area contributed by atoms with Crippen molar-refractivity contribution in [2.45, 2.75) is 17.4 Å². The zero-order valence-electron chi connectivity index (χ0n) is 7.87. The maximum absolute atomic E-state index is 11.1. The molecule has 0 radical (unpaired) electrons. The molecule has 3 atom stereocenters. The molecule has 1 saturated heterocycles. The monoisotopic (exact) mass is 255 g/mol. The van der Waals surface area contributed by atoms with Crippen molar-refractivity contribution < 1.29 is 23.4 Å². The van der Waals surface area contributed by atoms with Crippen molar-refractivity contribution in [3.8, 4) is 0 Å². The van der Waals surface area contributed by atoms with Gasteiger partial charge < -0.3 is 15.9 Å². The predicted molar refractivity (Wildman–Crippen MR) is 56.5 cm³/mol. The van der Waals surface area contributed by atoms with Gasteiger partial charge in [-0.3, -0.25) is 4.79 Å². The largest absolute Gasteiger partial charge is 0.480 e. The van der Waals surface area contributed by atoms with Gasteiger partial charge in [0.05, 0.1) is 17.6 Å². The molecular formula is C7H13NO5S2. The van der Waals surface area contributed by atoms with Crippen LogP contribution in [0.25, 0.3) is 0 Å². The van der Waals surface area contributed by atoms with E-state index in [1.807, 2.05) is 0 Å². The van der Waals surface area contributed by atoms with Crippen molar-refractivity contribution >= 4 is 27.6 Å². The number of thioether (sulfide) groups is 1. The number of aliphatic hydroxyl groups excluding tert-OH is 1. The van der Waals surface area contributed by atoms with Gasteiger partial charge in [-0.25, -0.2) is 8.42 Å². The first-order valence-electron chi connectivity index (χ1n) is 4.30. The Morgan fingerprint density at radius 2 is 2.13 bits per heavy atom. The second-order valence-corrected chi connectivity index (χ2v) is 6.89. The number of aliphatic carboxylic acids is 1. The number of hydrogen-bond acceptors (Lipinski definition) is 6. The summed E-state index contributed by atoms with van der Waals surface area (Å²) in [5.74, 6) is -1.37. The van der Waals surface area contributed by atoms with Crippen LogP contribution < -0.4 is 5.73 Å². The minimum Gasteiger partial charge on any atom is -0.480 e. The fourth-order valence-corrected chi connectivity index (χ4v) is 4.91. The van der Waals surface area contributed by atoms with E-state index in [-0.39, 0.29) is 17.3 Å². The zero-order chi connectivity index (χ0) is 11.6. The van der Waals surface area contributed by atoms with Gasteiger partial charge in [-0.2, -0.15) is 11.8 Å². The van der Waals surface area contributed by atoms with Gasteiger partial charge in [0, 0.05) is 11.0 Å². The van der Waals surface area contributed by atoms with E-state index in [1.165, 1.54) is 0 Å². The lowest BCUT2D eigenvalue weighted by Crippen LogP contribution is -2.34. The smallest absolute Gasteiger partial charge is 0.321 e. The van der Waals surface area contributed by atoms with Crippen molar-refractivity contribution in [3.05, 3.63) is 0 Å². The number of sulfone groups is 1. The quantitative estimate of drug-likeness (QED) is 0.547. The van der Waals surface area contributed by atoms with Crippen LogP contribution in [-0.4, -0.2) is 59.3 Å². The van der Waals surface area contributed by atoms with Crippen LogP contribution in [0, 0.1) is 0 Å². The molecule has 15 heavy (non-hydrogen) atoms. The molecule has 8 heteroatoms. The van der Waals surface area contributed by atoms with Gasteiger partial charge in [-0.1, -0.05) is 0 Å². The number of nitrogens with two attached hydrogens (primary N) is 1. The number of carboxylic acids is 1. The molecule has 0 saturated carbocycles. The maximum Gasteiger partial charge on any atom is 0.321 e. The highest BCUT2D eigenvalue weighted by atomic mass is 32.2. The standard InChI is InChI=1S/C7H13NO5S2/c8-4(7(10)11)1-14-6-3-15(12,13)2-5(6)9/h4-6,9H,1-3,8H2,(H,10,11)/t4-,5?,6?/m1/s1. The highest BCUT2D eigenvalue weighted by molar-refractivity contribution is 8.02. The highest BCUT2D eigenvalue weighted by Gasteiger charge is 2.37. The molecule has 0 spiro atoms. The van der Waals surface area contributed by atoms with Crippen LogP contribution in [0.1, 0.15) is 0 Å². The van der Waals surface area contributed by atoms with E-state index in [2.05, 4.69) is 0 Å². The van der Waals surface area contributed by atoms with Crippen molar-refractivity contribution in [3.63, 3.8) is 0 Å². The number of carbonyl (C=O) groups is 1. The van der Waals surface area contributed by atoms with Gasteiger partial charge in [-0.15, -0.1) is 0 Å². The summed E-state index contributed by atoms with van der Waals surface area (Å²) in [6, 6.07) is -1.02. The van der Waals surface area contributed by atoms with E-state index in [1.54, 1.807) is 0 Å². The van der Waals surface area contributed by atoms with Gasteiger partial charge >= 0.3 is 5.97 Å². The summed E-state index contributed by atoms with van der Waals surface area (Å²) in [7, 11) is -3.17. The van der Waals surface area contributed by atoms with Gasteiger partial charge in [-0.05, 0) is 0 Å². The Hall–Kier alpha value is -0.310. The van der Waals surface area contributed by atoms with E-state index in [0.29, 0.717) is 0 Å². The summed E-state index contributed by atoms with van der Waals surface area (Å²) < 4.78 is 22.2. The Morgan fingerprint density at radius 1 is 1.53 bits per heavy atom. The number of carboxylic acid groups (broad SMARTS) is 1. The normalized spacial score (nSPS) is 31.3. The average molecular weight is 255 g/mol. The number of hydrogen-bond donors (Lipinski definition) is 3. The van der Waals surface area contributed by atoms with Crippen LogP contribution >= 0.6 is 11.8 Å². The highest BCUT2D eigenvalue weighted by Crippen LogP contribution is 2.25. The molecule has 0 bridgehead atoms. The van der Waals surface area contributed by atoms with E-state index in [4.69, 9.17) is 10.8 Å². The summed E-state index contributed by atoms with van der Waals surface area (Å²) in [5.41, 5.74) is 5.26. The summed E-state index contributed by atoms with van der Waals surface area (Å²) in [5, 5.41) is 17.4. The molecule has 1 aliphatic rings. The average Bonchev–Trinajstić information content (AvgIpc) is 2.35. The second-order valence-electron chi connectivity index (χ2n) is 3.46. The summed E-state index contributed by atoms with van der Waals surface area (Å²) >= 11 is 1.10. The number of rotatable bonds is 4. The van der Waals surface area contributed by atoms with Gasteiger partial charge in [0.25, 0.3) is 0 Å². The molecule has 1 aliphatic heterocycles. The van der Waals surface area contributed by atoms with Gasteiger partial charge in [0.2, 0.25) is 0 Å². The minimum atomic E-state index is -3.17. The first-order valence-corrected chi connectivity index (χ1v) is 7.17. The summed E-state index contributed by atoms with van der Waals surface area (Å²) in [4.78, 5) is 10.4. The van der Waals surface area contributed by atoms with Gasteiger partial charge in [0.15, 0.2) is 9.84 Å². The Balaban J connectivity index is 2.44. The lowest BCUT2D eigenvalue weighted by molar-refractivity contribution is -0.137.